The first kappa shape index (κ1) is 17.5. The monoisotopic (exact) mass is 293 g/mol. The van der Waals surface area contributed by atoms with Crippen LogP contribution >= 0.6 is 0 Å². The van der Waals surface area contributed by atoms with Gasteiger partial charge < -0.3 is 15.2 Å². The van der Waals surface area contributed by atoms with Crippen molar-refractivity contribution in [3.63, 3.8) is 0 Å². The van der Waals surface area contributed by atoms with Crippen molar-refractivity contribution in [2.75, 3.05) is 13.2 Å². The molecule has 1 amide bonds. The van der Waals surface area contributed by atoms with Gasteiger partial charge in [0, 0.05) is 6.54 Å². The van der Waals surface area contributed by atoms with Crippen molar-refractivity contribution in [3.05, 3.63) is 29.3 Å². The Morgan fingerprint density at radius 1 is 1.29 bits per heavy atom. The van der Waals surface area contributed by atoms with Crippen molar-refractivity contribution in [2.24, 2.45) is 0 Å². The number of amides is 1. The van der Waals surface area contributed by atoms with Crippen molar-refractivity contribution >= 4 is 5.91 Å². The molecule has 0 radical (unpaired) electrons. The molecule has 0 aliphatic rings. The lowest BCUT2D eigenvalue weighted by Crippen LogP contribution is -2.42. The largest absolute Gasteiger partial charge is 0.493 e. The Labute approximate surface area is 127 Å². The normalized spacial score (nSPS) is 11.3. The Kier molecular flexibility index (Phi) is 6.69. The molecule has 1 aromatic carbocycles. The maximum absolute atomic E-state index is 11.8. The number of ether oxygens (including phenoxy) is 1. The number of aliphatic hydroxyl groups is 1. The van der Waals surface area contributed by atoms with E-state index in [4.69, 9.17) is 4.74 Å². The van der Waals surface area contributed by atoms with Gasteiger partial charge in [0.2, 0.25) is 5.91 Å². The van der Waals surface area contributed by atoms with Crippen molar-refractivity contribution in [2.45, 2.75) is 52.6 Å². The molecule has 2 N–H and O–H groups in total. The molecule has 0 bridgehead atoms. The zero-order valence-electron chi connectivity index (χ0n) is 13.5. The van der Waals surface area contributed by atoms with E-state index >= 15 is 0 Å². The van der Waals surface area contributed by atoms with E-state index in [-0.39, 0.29) is 12.3 Å². The van der Waals surface area contributed by atoms with Crippen molar-refractivity contribution in [1.82, 2.24) is 5.32 Å². The first-order valence-electron chi connectivity index (χ1n) is 7.59. The van der Waals surface area contributed by atoms with E-state index in [0.717, 1.165) is 16.9 Å². The van der Waals surface area contributed by atoms with Gasteiger partial charge in [-0.15, -0.1) is 0 Å². The summed E-state index contributed by atoms with van der Waals surface area (Å²) in [6.45, 7) is 8.46. The fourth-order valence-corrected chi connectivity index (χ4v) is 1.97. The minimum absolute atomic E-state index is 0.0966. The number of hydrogen-bond donors (Lipinski definition) is 2. The van der Waals surface area contributed by atoms with E-state index in [1.54, 1.807) is 0 Å². The Morgan fingerprint density at radius 2 is 1.95 bits per heavy atom. The predicted molar refractivity (Wildman–Crippen MR) is 84.6 cm³/mol. The molecule has 118 valence electrons. The summed E-state index contributed by atoms with van der Waals surface area (Å²) in [7, 11) is 0. The third-order valence-electron chi connectivity index (χ3n) is 3.86. The lowest BCUT2D eigenvalue weighted by Gasteiger charge is -2.25. The topological polar surface area (TPSA) is 58.6 Å². The van der Waals surface area contributed by atoms with E-state index in [1.807, 2.05) is 45.9 Å². The summed E-state index contributed by atoms with van der Waals surface area (Å²) in [5.41, 5.74) is 1.40. The fourth-order valence-electron chi connectivity index (χ4n) is 1.97. The van der Waals surface area contributed by atoms with E-state index in [0.29, 0.717) is 26.0 Å². The van der Waals surface area contributed by atoms with Gasteiger partial charge in [-0.2, -0.15) is 0 Å². The minimum Gasteiger partial charge on any atom is -0.493 e. The molecule has 0 atom stereocenters. The standard InChI is InChI=1S/C17H27NO3/c1-5-17(20,6-2)12-18-16(19)9-10-21-15-11-13(3)7-8-14(15)4/h7-8,11,20H,5-6,9-10,12H2,1-4H3,(H,18,19). The van der Waals surface area contributed by atoms with Crippen molar-refractivity contribution in [3.8, 4) is 5.75 Å². The molecular weight excluding hydrogens is 266 g/mol. The summed E-state index contributed by atoms with van der Waals surface area (Å²) < 4.78 is 5.65. The van der Waals surface area contributed by atoms with Crippen LogP contribution in [0, 0.1) is 13.8 Å². The molecule has 0 aromatic heterocycles. The van der Waals surface area contributed by atoms with Gasteiger partial charge in [0.15, 0.2) is 0 Å². The van der Waals surface area contributed by atoms with Gasteiger partial charge in [0.25, 0.3) is 0 Å². The average Bonchev–Trinajstić information content (AvgIpc) is 2.48. The third-order valence-corrected chi connectivity index (χ3v) is 3.86. The maximum atomic E-state index is 11.8. The Morgan fingerprint density at radius 3 is 2.57 bits per heavy atom. The highest BCUT2D eigenvalue weighted by atomic mass is 16.5. The first-order valence-corrected chi connectivity index (χ1v) is 7.59. The molecule has 0 aliphatic carbocycles. The summed E-state index contributed by atoms with van der Waals surface area (Å²) in [5, 5.41) is 12.9. The molecule has 0 spiro atoms. The number of rotatable bonds is 8. The number of carbonyl (C=O) groups excluding carboxylic acids is 1. The zero-order chi connectivity index (χ0) is 15.9. The van der Waals surface area contributed by atoms with Crippen LogP contribution in [0.3, 0.4) is 0 Å². The molecule has 0 unspecified atom stereocenters. The van der Waals surface area contributed by atoms with Gasteiger partial charge in [-0.05, 0) is 43.9 Å². The molecule has 21 heavy (non-hydrogen) atoms. The number of nitrogens with one attached hydrogen (secondary N) is 1. The summed E-state index contributed by atoms with van der Waals surface area (Å²) in [5.74, 6) is 0.724. The van der Waals surface area contributed by atoms with Crippen LogP contribution in [0.25, 0.3) is 0 Å². The SMILES string of the molecule is CCC(O)(CC)CNC(=O)CCOc1cc(C)ccc1C. The second-order valence-corrected chi connectivity index (χ2v) is 5.58. The van der Waals surface area contributed by atoms with Crippen LogP contribution in [-0.4, -0.2) is 29.8 Å². The van der Waals surface area contributed by atoms with Crippen LogP contribution in [-0.2, 0) is 4.79 Å². The summed E-state index contributed by atoms with van der Waals surface area (Å²) >= 11 is 0. The van der Waals surface area contributed by atoms with Crippen molar-refractivity contribution < 1.29 is 14.6 Å². The first-order chi connectivity index (χ1) is 9.90. The Balaban J connectivity index is 2.35. The van der Waals surface area contributed by atoms with Gasteiger partial charge in [-0.25, -0.2) is 0 Å². The molecule has 0 aliphatic heterocycles. The number of carbonyl (C=O) groups is 1. The van der Waals surface area contributed by atoms with Gasteiger partial charge in [-0.1, -0.05) is 26.0 Å². The van der Waals surface area contributed by atoms with Crippen LogP contribution in [0.2, 0.25) is 0 Å². The predicted octanol–water partition coefficient (Wildman–Crippen LogP) is 2.74. The van der Waals surface area contributed by atoms with Crippen LogP contribution in [0.4, 0.5) is 0 Å². The highest BCUT2D eigenvalue weighted by Crippen LogP contribution is 2.19. The lowest BCUT2D eigenvalue weighted by atomic mass is 9.97. The third kappa shape index (κ3) is 5.76. The Hall–Kier alpha value is -1.55. The number of hydrogen-bond acceptors (Lipinski definition) is 3. The molecule has 1 rings (SSSR count). The smallest absolute Gasteiger partial charge is 0.223 e. The number of aryl methyl sites for hydroxylation is 2. The van der Waals surface area contributed by atoms with Crippen LogP contribution in [0.15, 0.2) is 18.2 Å². The Bertz CT molecular complexity index is 467. The van der Waals surface area contributed by atoms with Gasteiger partial charge in [-0.3, -0.25) is 4.79 Å². The molecule has 0 fully saturated rings. The van der Waals surface area contributed by atoms with Gasteiger partial charge in [0.05, 0.1) is 18.6 Å². The maximum Gasteiger partial charge on any atom is 0.223 e. The van der Waals surface area contributed by atoms with E-state index in [2.05, 4.69) is 5.32 Å². The average molecular weight is 293 g/mol. The second kappa shape index (κ2) is 8.03. The molecule has 0 saturated carbocycles. The lowest BCUT2D eigenvalue weighted by molar-refractivity contribution is -0.122. The van der Waals surface area contributed by atoms with Crippen LogP contribution in [0.5, 0.6) is 5.75 Å². The van der Waals surface area contributed by atoms with E-state index < -0.39 is 5.60 Å². The second-order valence-electron chi connectivity index (χ2n) is 5.58. The summed E-state index contributed by atoms with van der Waals surface area (Å²) in [6.07, 6.45) is 1.54. The van der Waals surface area contributed by atoms with Crippen LogP contribution < -0.4 is 10.1 Å². The highest BCUT2D eigenvalue weighted by molar-refractivity contribution is 5.76. The summed E-state index contributed by atoms with van der Waals surface area (Å²) in [6, 6.07) is 6.01. The fraction of sp³-hybridized carbons (Fsp3) is 0.588. The molecule has 0 saturated heterocycles. The van der Waals surface area contributed by atoms with Crippen LogP contribution in [0.1, 0.15) is 44.2 Å². The number of benzene rings is 1. The summed E-state index contributed by atoms with van der Waals surface area (Å²) in [4.78, 5) is 11.8. The molecule has 4 nitrogen and oxygen atoms in total. The van der Waals surface area contributed by atoms with Gasteiger partial charge >= 0.3 is 0 Å². The quantitative estimate of drug-likeness (QED) is 0.775. The minimum atomic E-state index is -0.802. The van der Waals surface area contributed by atoms with E-state index in [1.165, 1.54) is 0 Å². The molecule has 1 aromatic rings. The molecule has 0 heterocycles. The highest BCUT2D eigenvalue weighted by Gasteiger charge is 2.22. The zero-order valence-corrected chi connectivity index (χ0v) is 13.5. The molecular formula is C17H27NO3. The molecule has 4 heteroatoms. The van der Waals surface area contributed by atoms with Gasteiger partial charge in [0.1, 0.15) is 5.75 Å². The van der Waals surface area contributed by atoms with E-state index in [9.17, 15) is 9.90 Å². The van der Waals surface area contributed by atoms with Crippen molar-refractivity contribution in [1.29, 1.82) is 0 Å².